The second kappa shape index (κ2) is 6.85. The van der Waals surface area contributed by atoms with Gasteiger partial charge in [0, 0.05) is 24.2 Å². The van der Waals surface area contributed by atoms with E-state index in [4.69, 9.17) is 0 Å². The van der Waals surface area contributed by atoms with E-state index in [1.165, 1.54) is 23.8 Å². The number of carbonyl (C=O) groups is 1. The Labute approximate surface area is 129 Å². The Morgan fingerprint density at radius 1 is 1.18 bits per heavy atom. The number of carbonyl (C=O) groups excluding carboxylic acids is 1. The quantitative estimate of drug-likeness (QED) is 0.676. The average Bonchev–Trinajstić information content (AvgIpc) is 2.52. The molecule has 0 spiro atoms. The SMILES string of the molecule is CC(C)c1ccccc1CNC(=O)c1cccc([N+](=O)[O-])c1. The number of amides is 1. The Kier molecular flexibility index (Phi) is 4.88. The number of nitro groups is 1. The van der Waals surface area contributed by atoms with Gasteiger partial charge in [-0.05, 0) is 23.1 Å². The van der Waals surface area contributed by atoms with Crippen LogP contribution in [-0.2, 0) is 6.54 Å². The van der Waals surface area contributed by atoms with Crippen molar-refractivity contribution < 1.29 is 9.72 Å². The molecule has 1 N–H and O–H groups in total. The van der Waals surface area contributed by atoms with Gasteiger partial charge in [-0.25, -0.2) is 0 Å². The zero-order chi connectivity index (χ0) is 16.1. The third-order valence-corrected chi connectivity index (χ3v) is 3.44. The molecule has 0 unspecified atom stereocenters. The second-order valence-corrected chi connectivity index (χ2v) is 5.34. The lowest BCUT2D eigenvalue weighted by Gasteiger charge is -2.13. The summed E-state index contributed by atoms with van der Waals surface area (Å²) in [6, 6.07) is 13.6. The summed E-state index contributed by atoms with van der Waals surface area (Å²) in [5.74, 6) is 0.0492. The maximum atomic E-state index is 12.1. The molecule has 0 fully saturated rings. The van der Waals surface area contributed by atoms with Crippen LogP contribution in [0.4, 0.5) is 5.69 Å². The van der Waals surface area contributed by atoms with Crippen molar-refractivity contribution >= 4 is 11.6 Å². The van der Waals surface area contributed by atoms with Gasteiger partial charge in [-0.2, -0.15) is 0 Å². The van der Waals surface area contributed by atoms with Crippen LogP contribution in [0.5, 0.6) is 0 Å². The molecule has 0 bridgehead atoms. The van der Waals surface area contributed by atoms with Gasteiger partial charge in [0.25, 0.3) is 11.6 Å². The first-order chi connectivity index (χ1) is 10.5. The molecule has 1 amide bonds. The highest BCUT2D eigenvalue weighted by Crippen LogP contribution is 2.19. The Bertz CT molecular complexity index is 696. The van der Waals surface area contributed by atoms with Crippen LogP contribution in [0.15, 0.2) is 48.5 Å². The van der Waals surface area contributed by atoms with E-state index in [2.05, 4.69) is 19.2 Å². The summed E-state index contributed by atoms with van der Waals surface area (Å²) < 4.78 is 0. The molecular formula is C17H18N2O3. The van der Waals surface area contributed by atoms with Gasteiger partial charge in [-0.15, -0.1) is 0 Å². The van der Waals surface area contributed by atoms with Crippen LogP contribution in [0.2, 0.25) is 0 Å². The second-order valence-electron chi connectivity index (χ2n) is 5.34. The minimum atomic E-state index is -0.509. The highest BCUT2D eigenvalue weighted by Gasteiger charge is 2.12. The maximum absolute atomic E-state index is 12.1. The summed E-state index contributed by atoms with van der Waals surface area (Å²) in [6.45, 7) is 4.60. The highest BCUT2D eigenvalue weighted by molar-refractivity contribution is 5.94. The number of non-ortho nitro benzene ring substituents is 1. The van der Waals surface area contributed by atoms with Gasteiger partial charge in [0.1, 0.15) is 0 Å². The van der Waals surface area contributed by atoms with Gasteiger partial charge < -0.3 is 5.32 Å². The number of hydrogen-bond donors (Lipinski definition) is 1. The third-order valence-electron chi connectivity index (χ3n) is 3.44. The number of rotatable bonds is 5. The summed E-state index contributed by atoms with van der Waals surface area (Å²) in [5.41, 5.74) is 2.43. The summed E-state index contributed by atoms with van der Waals surface area (Å²) in [5, 5.41) is 13.6. The molecule has 0 aliphatic heterocycles. The smallest absolute Gasteiger partial charge is 0.270 e. The van der Waals surface area contributed by atoms with Crippen molar-refractivity contribution in [3.63, 3.8) is 0 Å². The first kappa shape index (κ1) is 15.7. The van der Waals surface area contributed by atoms with E-state index in [1.807, 2.05) is 24.3 Å². The zero-order valence-electron chi connectivity index (χ0n) is 12.6. The molecule has 2 aromatic carbocycles. The highest BCUT2D eigenvalue weighted by atomic mass is 16.6. The van der Waals surface area contributed by atoms with Gasteiger partial charge in [-0.1, -0.05) is 44.2 Å². The number of nitrogens with zero attached hydrogens (tertiary/aromatic N) is 1. The van der Waals surface area contributed by atoms with Gasteiger partial charge in [-0.3, -0.25) is 14.9 Å². The fraction of sp³-hybridized carbons (Fsp3) is 0.235. The fourth-order valence-corrected chi connectivity index (χ4v) is 2.30. The molecule has 22 heavy (non-hydrogen) atoms. The summed E-state index contributed by atoms with van der Waals surface area (Å²) in [6.07, 6.45) is 0. The van der Waals surface area contributed by atoms with Crippen molar-refractivity contribution in [1.82, 2.24) is 5.32 Å². The number of benzene rings is 2. The molecule has 2 aromatic rings. The van der Waals surface area contributed by atoms with E-state index in [0.717, 1.165) is 5.56 Å². The molecule has 0 aliphatic rings. The van der Waals surface area contributed by atoms with Crippen LogP contribution >= 0.6 is 0 Å². The topological polar surface area (TPSA) is 72.2 Å². The first-order valence-electron chi connectivity index (χ1n) is 7.09. The largest absolute Gasteiger partial charge is 0.348 e. The van der Waals surface area contributed by atoms with E-state index >= 15 is 0 Å². The molecule has 2 rings (SSSR count). The number of hydrogen-bond acceptors (Lipinski definition) is 3. The lowest BCUT2D eigenvalue weighted by atomic mass is 9.97. The molecule has 0 radical (unpaired) electrons. The molecule has 0 aromatic heterocycles. The summed E-state index contributed by atoms with van der Waals surface area (Å²) in [7, 11) is 0. The minimum Gasteiger partial charge on any atom is -0.348 e. The van der Waals surface area contributed by atoms with Crippen LogP contribution in [0, 0.1) is 10.1 Å². The standard InChI is InChI=1S/C17H18N2O3/c1-12(2)16-9-4-3-6-14(16)11-18-17(20)13-7-5-8-15(10-13)19(21)22/h3-10,12H,11H2,1-2H3,(H,18,20). The van der Waals surface area contributed by atoms with E-state index in [-0.39, 0.29) is 17.2 Å². The van der Waals surface area contributed by atoms with E-state index in [1.54, 1.807) is 6.07 Å². The molecule has 5 heteroatoms. The van der Waals surface area contributed by atoms with Crippen molar-refractivity contribution in [2.24, 2.45) is 0 Å². The average molecular weight is 298 g/mol. The molecule has 0 saturated carbocycles. The Morgan fingerprint density at radius 3 is 2.59 bits per heavy atom. The lowest BCUT2D eigenvalue weighted by molar-refractivity contribution is -0.384. The first-order valence-corrected chi connectivity index (χ1v) is 7.09. The normalized spacial score (nSPS) is 10.5. The van der Waals surface area contributed by atoms with Crippen LogP contribution in [0.1, 0.15) is 41.3 Å². The van der Waals surface area contributed by atoms with Crippen LogP contribution in [0.3, 0.4) is 0 Å². The maximum Gasteiger partial charge on any atom is 0.270 e. The van der Waals surface area contributed by atoms with Gasteiger partial charge in [0.05, 0.1) is 4.92 Å². The predicted molar refractivity (Wildman–Crippen MR) is 84.8 cm³/mol. The van der Waals surface area contributed by atoms with Gasteiger partial charge in [0.2, 0.25) is 0 Å². The Balaban J connectivity index is 2.11. The third kappa shape index (κ3) is 3.69. The van der Waals surface area contributed by atoms with Crippen molar-refractivity contribution in [1.29, 1.82) is 0 Å². The van der Waals surface area contributed by atoms with Crippen molar-refractivity contribution in [2.45, 2.75) is 26.3 Å². The molecule has 0 heterocycles. The Hall–Kier alpha value is -2.69. The fourth-order valence-electron chi connectivity index (χ4n) is 2.30. The van der Waals surface area contributed by atoms with Crippen molar-refractivity contribution in [3.8, 4) is 0 Å². The van der Waals surface area contributed by atoms with Crippen LogP contribution < -0.4 is 5.32 Å². The van der Waals surface area contributed by atoms with E-state index in [9.17, 15) is 14.9 Å². The van der Waals surface area contributed by atoms with E-state index in [0.29, 0.717) is 12.5 Å². The zero-order valence-corrected chi connectivity index (χ0v) is 12.6. The number of nitrogens with one attached hydrogen (secondary N) is 1. The molecule has 114 valence electrons. The predicted octanol–water partition coefficient (Wildman–Crippen LogP) is 3.65. The van der Waals surface area contributed by atoms with Crippen LogP contribution in [0.25, 0.3) is 0 Å². The van der Waals surface area contributed by atoms with Gasteiger partial charge in [0.15, 0.2) is 0 Å². The van der Waals surface area contributed by atoms with Crippen molar-refractivity contribution in [2.75, 3.05) is 0 Å². The van der Waals surface area contributed by atoms with E-state index < -0.39 is 4.92 Å². The molecule has 0 atom stereocenters. The molecule has 0 saturated heterocycles. The molecular weight excluding hydrogens is 280 g/mol. The molecule has 5 nitrogen and oxygen atoms in total. The van der Waals surface area contributed by atoms with Crippen molar-refractivity contribution in [3.05, 3.63) is 75.3 Å². The van der Waals surface area contributed by atoms with Gasteiger partial charge >= 0.3 is 0 Å². The summed E-state index contributed by atoms with van der Waals surface area (Å²) in [4.78, 5) is 22.4. The minimum absolute atomic E-state index is 0.0877. The molecule has 0 aliphatic carbocycles. The monoisotopic (exact) mass is 298 g/mol. The number of nitro benzene ring substituents is 1. The summed E-state index contributed by atoms with van der Waals surface area (Å²) >= 11 is 0. The Morgan fingerprint density at radius 2 is 1.91 bits per heavy atom. The lowest BCUT2D eigenvalue weighted by Crippen LogP contribution is -2.23. The van der Waals surface area contributed by atoms with Crippen LogP contribution in [-0.4, -0.2) is 10.8 Å².